The molecule has 0 saturated carbocycles. The van der Waals surface area contributed by atoms with Crippen LogP contribution in [0.15, 0.2) is 12.4 Å². The Morgan fingerprint density at radius 3 is 3.29 bits per heavy atom. The maximum absolute atomic E-state index is 4.42. The number of piperidine rings is 1. The third kappa shape index (κ3) is 2.53. The number of imidazole rings is 1. The average Bonchev–Trinajstić information content (AvgIpc) is 2.76. The summed E-state index contributed by atoms with van der Waals surface area (Å²) < 4.78 is 2.28. The number of hydrogen-bond acceptors (Lipinski definition) is 3. The predicted molar refractivity (Wildman–Crippen MR) is 67.7 cm³/mol. The predicted octanol–water partition coefficient (Wildman–Crippen LogP) is 1.09. The highest BCUT2D eigenvalue weighted by Crippen LogP contribution is 2.19. The van der Waals surface area contributed by atoms with E-state index in [1.807, 2.05) is 6.20 Å². The lowest BCUT2D eigenvalue weighted by Gasteiger charge is -2.34. The van der Waals surface area contributed by atoms with Crippen LogP contribution in [0.2, 0.25) is 0 Å². The highest BCUT2D eigenvalue weighted by molar-refractivity contribution is 4.95. The fourth-order valence-electron chi connectivity index (χ4n) is 3.15. The quantitative estimate of drug-likeness (QED) is 0.831. The number of fused-ring (bicyclic) bond motifs is 1. The summed E-state index contributed by atoms with van der Waals surface area (Å²) in [5.41, 5.74) is 0. The lowest BCUT2D eigenvalue weighted by atomic mass is 9.92. The summed E-state index contributed by atoms with van der Waals surface area (Å²) in [5.74, 6) is 2.10. The molecule has 1 N–H and O–H groups in total. The summed E-state index contributed by atoms with van der Waals surface area (Å²) >= 11 is 0. The zero-order chi connectivity index (χ0) is 11.7. The van der Waals surface area contributed by atoms with Gasteiger partial charge in [0.25, 0.3) is 0 Å². The molecule has 3 heterocycles. The largest absolute Gasteiger partial charge is 0.333 e. The molecule has 3 rings (SSSR count). The molecule has 0 aromatic carbocycles. The lowest BCUT2D eigenvalue weighted by molar-refractivity contribution is 0.159. The van der Waals surface area contributed by atoms with Crippen LogP contribution in [0.3, 0.4) is 0 Å². The van der Waals surface area contributed by atoms with Crippen LogP contribution in [0, 0.1) is 5.92 Å². The molecule has 0 radical (unpaired) electrons. The van der Waals surface area contributed by atoms with Crippen LogP contribution in [0.25, 0.3) is 0 Å². The third-order valence-corrected chi connectivity index (χ3v) is 4.07. The van der Waals surface area contributed by atoms with Gasteiger partial charge in [0.15, 0.2) is 0 Å². The van der Waals surface area contributed by atoms with Gasteiger partial charge >= 0.3 is 0 Å². The summed E-state index contributed by atoms with van der Waals surface area (Å²) in [7, 11) is 0. The number of rotatable bonds is 2. The second kappa shape index (κ2) is 4.78. The van der Waals surface area contributed by atoms with Crippen molar-refractivity contribution in [3.8, 4) is 0 Å². The van der Waals surface area contributed by atoms with Gasteiger partial charge in [-0.1, -0.05) is 0 Å². The zero-order valence-corrected chi connectivity index (χ0v) is 10.6. The zero-order valence-electron chi connectivity index (χ0n) is 10.6. The fourth-order valence-corrected chi connectivity index (χ4v) is 3.15. The first-order chi connectivity index (χ1) is 8.31. The molecule has 2 unspecified atom stereocenters. The van der Waals surface area contributed by atoms with Gasteiger partial charge in [0.05, 0.1) is 6.54 Å². The van der Waals surface area contributed by atoms with Gasteiger partial charge < -0.3 is 9.88 Å². The molecule has 2 aliphatic rings. The second-order valence-corrected chi connectivity index (χ2v) is 5.52. The first-order valence-corrected chi connectivity index (χ1v) is 6.77. The van der Waals surface area contributed by atoms with E-state index in [0.717, 1.165) is 19.0 Å². The van der Waals surface area contributed by atoms with Crippen molar-refractivity contribution in [2.24, 2.45) is 5.92 Å². The Kier molecular flexibility index (Phi) is 3.16. The van der Waals surface area contributed by atoms with Crippen molar-refractivity contribution in [3.63, 3.8) is 0 Å². The van der Waals surface area contributed by atoms with Crippen molar-refractivity contribution in [3.05, 3.63) is 18.2 Å². The molecule has 0 bridgehead atoms. The molecular formula is C13H22N4. The Labute approximate surface area is 103 Å². The normalized spacial score (nSPS) is 30.2. The third-order valence-electron chi connectivity index (χ3n) is 4.07. The Bertz CT molecular complexity index is 373. The summed E-state index contributed by atoms with van der Waals surface area (Å²) in [5, 5.41) is 3.53. The molecule has 1 aromatic heterocycles. The van der Waals surface area contributed by atoms with Gasteiger partial charge in [-0.25, -0.2) is 4.98 Å². The van der Waals surface area contributed by atoms with Gasteiger partial charge in [-0.3, -0.25) is 4.90 Å². The molecule has 0 spiro atoms. The van der Waals surface area contributed by atoms with E-state index in [2.05, 4.69) is 32.9 Å². The molecule has 17 heavy (non-hydrogen) atoms. The lowest BCUT2D eigenvalue weighted by Crippen LogP contribution is -2.42. The van der Waals surface area contributed by atoms with Crippen molar-refractivity contribution in [2.45, 2.75) is 38.9 Å². The van der Waals surface area contributed by atoms with E-state index in [1.54, 1.807) is 0 Å². The molecular weight excluding hydrogens is 212 g/mol. The highest BCUT2D eigenvalue weighted by atomic mass is 15.2. The van der Waals surface area contributed by atoms with E-state index < -0.39 is 0 Å². The molecule has 1 fully saturated rings. The van der Waals surface area contributed by atoms with Crippen LogP contribution < -0.4 is 5.32 Å². The summed E-state index contributed by atoms with van der Waals surface area (Å²) in [6.07, 6.45) is 6.67. The van der Waals surface area contributed by atoms with Gasteiger partial charge in [0.1, 0.15) is 5.82 Å². The minimum absolute atomic E-state index is 0.695. The van der Waals surface area contributed by atoms with Gasteiger partial charge in [-0.2, -0.15) is 0 Å². The van der Waals surface area contributed by atoms with E-state index in [4.69, 9.17) is 0 Å². The Balaban J connectivity index is 1.56. The van der Waals surface area contributed by atoms with Gasteiger partial charge in [0.2, 0.25) is 0 Å². The SMILES string of the molecule is CC1CC(CN2CCn3ccnc3C2)CCN1. The molecule has 1 aromatic rings. The maximum Gasteiger partial charge on any atom is 0.122 e. The first-order valence-electron chi connectivity index (χ1n) is 6.77. The number of nitrogens with one attached hydrogen (secondary N) is 1. The monoisotopic (exact) mass is 234 g/mol. The van der Waals surface area contributed by atoms with Gasteiger partial charge in [-0.15, -0.1) is 0 Å². The smallest absolute Gasteiger partial charge is 0.122 e. The van der Waals surface area contributed by atoms with Crippen LogP contribution >= 0.6 is 0 Å². The van der Waals surface area contributed by atoms with Crippen LogP contribution in [-0.2, 0) is 13.1 Å². The summed E-state index contributed by atoms with van der Waals surface area (Å²) in [6.45, 7) is 8.06. The van der Waals surface area contributed by atoms with Crippen molar-refractivity contribution in [1.29, 1.82) is 0 Å². The minimum atomic E-state index is 0.695. The number of aromatic nitrogens is 2. The number of nitrogens with zero attached hydrogens (tertiary/aromatic N) is 3. The van der Waals surface area contributed by atoms with E-state index in [1.165, 1.54) is 38.3 Å². The van der Waals surface area contributed by atoms with Gasteiger partial charge in [0, 0.05) is 38.1 Å². The average molecular weight is 234 g/mol. The molecule has 1 saturated heterocycles. The van der Waals surface area contributed by atoms with Crippen LogP contribution in [0.5, 0.6) is 0 Å². The molecule has 0 amide bonds. The Morgan fingerprint density at radius 1 is 1.47 bits per heavy atom. The van der Waals surface area contributed by atoms with E-state index in [0.29, 0.717) is 6.04 Å². The molecule has 0 aliphatic carbocycles. The topological polar surface area (TPSA) is 33.1 Å². The Morgan fingerprint density at radius 2 is 2.41 bits per heavy atom. The maximum atomic E-state index is 4.42. The van der Waals surface area contributed by atoms with E-state index in [9.17, 15) is 0 Å². The van der Waals surface area contributed by atoms with Crippen LogP contribution in [0.1, 0.15) is 25.6 Å². The van der Waals surface area contributed by atoms with Crippen molar-refractivity contribution in [2.75, 3.05) is 19.6 Å². The highest BCUT2D eigenvalue weighted by Gasteiger charge is 2.23. The fraction of sp³-hybridized carbons (Fsp3) is 0.769. The van der Waals surface area contributed by atoms with E-state index in [-0.39, 0.29) is 0 Å². The molecule has 2 atom stereocenters. The standard InChI is InChI=1S/C13H22N4/c1-11-8-12(2-3-14-11)9-16-6-7-17-5-4-15-13(17)10-16/h4-5,11-12,14H,2-3,6-10H2,1H3. The number of hydrogen-bond donors (Lipinski definition) is 1. The molecule has 2 aliphatic heterocycles. The van der Waals surface area contributed by atoms with E-state index >= 15 is 0 Å². The Hall–Kier alpha value is -0.870. The van der Waals surface area contributed by atoms with Crippen LogP contribution in [0.4, 0.5) is 0 Å². The second-order valence-electron chi connectivity index (χ2n) is 5.52. The molecule has 4 heteroatoms. The molecule has 94 valence electrons. The van der Waals surface area contributed by atoms with Crippen LogP contribution in [-0.4, -0.2) is 40.1 Å². The van der Waals surface area contributed by atoms with Crippen molar-refractivity contribution < 1.29 is 0 Å². The van der Waals surface area contributed by atoms with Crippen molar-refractivity contribution in [1.82, 2.24) is 19.8 Å². The first kappa shape index (κ1) is 11.2. The minimum Gasteiger partial charge on any atom is -0.333 e. The summed E-state index contributed by atoms with van der Waals surface area (Å²) in [4.78, 5) is 7.00. The van der Waals surface area contributed by atoms with Gasteiger partial charge in [-0.05, 0) is 32.2 Å². The molecule has 4 nitrogen and oxygen atoms in total. The summed E-state index contributed by atoms with van der Waals surface area (Å²) in [6, 6.07) is 0.695. The van der Waals surface area contributed by atoms with Crippen molar-refractivity contribution >= 4 is 0 Å².